The van der Waals surface area contributed by atoms with Crippen LogP contribution in [0.15, 0.2) is 65.8 Å². The number of anilines is 1. The fourth-order valence-corrected chi connectivity index (χ4v) is 2.90. The number of esters is 2. The van der Waals surface area contributed by atoms with Gasteiger partial charge < -0.3 is 9.47 Å². The van der Waals surface area contributed by atoms with Gasteiger partial charge in [0.1, 0.15) is 5.92 Å². The minimum absolute atomic E-state index is 0.478. The summed E-state index contributed by atoms with van der Waals surface area (Å²) in [7, 11) is 2.59. The topological polar surface area (TPSA) is 68.2 Å². The number of ether oxygens (including phenoxy) is 2. The average molecular weight is 338 g/mol. The van der Waals surface area contributed by atoms with Gasteiger partial charge in [0, 0.05) is 0 Å². The predicted octanol–water partition coefficient (Wildman–Crippen LogP) is 2.24. The first kappa shape index (κ1) is 16.7. The highest BCUT2D eigenvalue weighted by Crippen LogP contribution is 2.32. The summed E-state index contributed by atoms with van der Waals surface area (Å²) in [5.74, 6) is -1.95. The van der Waals surface area contributed by atoms with Crippen molar-refractivity contribution in [3.63, 3.8) is 0 Å². The van der Waals surface area contributed by atoms with Crippen molar-refractivity contribution >= 4 is 23.3 Å². The monoisotopic (exact) mass is 338 g/mol. The highest BCUT2D eigenvalue weighted by Gasteiger charge is 2.48. The van der Waals surface area contributed by atoms with Crippen molar-refractivity contribution in [3.8, 4) is 0 Å². The molecule has 0 radical (unpaired) electrons. The van der Waals surface area contributed by atoms with Crippen LogP contribution in [0.1, 0.15) is 5.56 Å². The van der Waals surface area contributed by atoms with Gasteiger partial charge in [-0.1, -0.05) is 48.5 Å². The van der Waals surface area contributed by atoms with E-state index in [9.17, 15) is 9.59 Å². The minimum atomic E-state index is -0.921. The number of hydrogen-bond acceptors (Lipinski definition) is 6. The van der Waals surface area contributed by atoms with Gasteiger partial charge in [-0.25, -0.2) is 9.80 Å². The van der Waals surface area contributed by atoms with E-state index in [1.807, 2.05) is 60.7 Å². The normalized spacial score (nSPS) is 19.3. The largest absolute Gasteiger partial charge is 0.468 e. The van der Waals surface area contributed by atoms with Crippen molar-refractivity contribution in [1.29, 1.82) is 0 Å². The summed E-state index contributed by atoms with van der Waals surface area (Å²) in [4.78, 5) is 24.9. The molecule has 1 aliphatic rings. The van der Waals surface area contributed by atoms with E-state index in [0.717, 1.165) is 5.56 Å². The molecule has 1 heterocycles. The maximum absolute atomic E-state index is 12.5. The Kier molecular flexibility index (Phi) is 4.79. The van der Waals surface area contributed by atoms with Crippen molar-refractivity contribution in [3.05, 3.63) is 66.2 Å². The fourth-order valence-electron chi connectivity index (χ4n) is 2.90. The molecule has 0 saturated carbocycles. The van der Waals surface area contributed by atoms with Gasteiger partial charge in [0.25, 0.3) is 0 Å². The first-order valence-electron chi connectivity index (χ1n) is 7.81. The first-order chi connectivity index (χ1) is 12.2. The Balaban J connectivity index is 2.14. The Hall–Kier alpha value is -3.15. The molecule has 0 bridgehead atoms. The molecule has 2 atom stereocenters. The van der Waals surface area contributed by atoms with E-state index in [0.29, 0.717) is 11.4 Å². The zero-order valence-corrected chi connectivity index (χ0v) is 14.0. The van der Waals surface area contributed by atoms with E-state index in [1.165, 1.54) is 19.2 Å². The van der Waals surface area contributed by atoms with Crippen LogP contribution in [0.2, 0.25) is 0 Å². The third-order valence-corrected chi connectivity index (χ3v) is 4.08. The van der Waals surface area contributed by atoms with Crippen LogP contribution in [0, 0.1) is 5.92 Å². The van der Waals surface area contributed by atoms with Crippen molar-refractivity contribution in [2.24, 2.45) is 11.0 Å². The molecule has 6 heteroatoms. The molecule has 0 unspecified atom stereocenters. The molecule has 2 aromatic carbocycles. The molecule has 0 aromatic heterocycles. The second-order valence-electron chi connectivity index (χ2n) is 5.50. The molecule has 3 rings (SSSR count). The van der Waals surface area contributed by atoms with Crippen LogP contribution in [0.5, 0.6) is 0 Å². The SMILES string of the molecule is COC(=O)[C@@H]1C(c2ccccc2)=NN(c2ccccc2)[C@H]1C(=O)OC. The number of carbonyl (C=O) groups is 2. The summed E-state index contributed by atoms with van der Waals surface area (Å²) < 4.78 is 9.87. The third-order valence-electron chi connectivity index (χ3n) is 4.08. The molecular weight excluding hydrogens is 320 g/mol. The molecule has 2 aromatic rings. The lowest BCUT2D eigenvalue weighted by atomic mass is 9.91. The zero-order valence-electron chi connectivity index (χ0n) is 14.0. The van der Waals surface area contributed by atoms with Gasteiger partial charge >= 0.3 is 11.9 Å². The molecule has 0 spiro atoms. The number of benzene rings is 2. The van der Waals surface area contributed by atoms with E-state index in [4.69, 9.17) is 9.47 Å². The highest BCUT2D eigenvalue weighted by molar-refractivity contribution is 6.17. The summed E-state index contributed by atoms with van der Waals surface area (Å²) >= 11 is 0. The summed E-state index contributed by atoms with van der Waals surface area (Å²) in [6.45, 7) is 0. The van der Waals surface area contributed by atoms with Crippen LogP contribution in [0.25, 0.3) is 0 Å². The van der Waals surface area contributed by atoms with Crippen molar-refractivity contribution in [2.45, 2.75) is 6.04 Å². The quantitative estimate of drug-likeness (QED) is 0.800. The van der Waals surface area contributed by atoms with Crippen LogP contribution in [-0.2, 0) is 19.1 Å². The fraction of sp³-hybridized carbons (Fsp3) is 0.211. The second-order valence-corrected chi connectivity index (χ2v) is 5.50. The van der Waals surface area contributed by atoms with Crippen LogP contribution in [0.4, 0.5) is 5.69 Å². The van der Waals surface area contributed by atoms with Crippen molar-refractivity contribution in [1.82, 2.24) is 0 Å². The van der Waals surface area contributed by atoms with Crippen molar-refractivity contribution < 1.29 is 19.1 Å². The van der Waals surface area contributed by atoms with Gasteiger partial charge in [0.05, 0.1) is 25.6 Å². The lowest BCUT2D eigenvalue weighted by molar-refractivity contribution is -0.150. The molecule has 25 heavy (non-hydrogen) atoms. The Labute approximate surface area is 145 Å². The van der Waals surface area contributed by atoms with E-state index < -0.39 is 23.9 Å². The number of methoxy groups -OCH3 is 2. The molecule has 1 aliphatic heterocycles. The molecule has 0 fully saturated rings. The molecule has 128 valence electrons. The van der Waals surface area contributed by atoms with Gasteiger partial charge in [-0.3, -0.25) is 4.79 Å². The Morgan fingerprint density at radius 2 is 1.44 bits per heavy atom. The number of para-hydroxylation sites is 1. The van der Waals surface area contributed by atoms with Gasteiger partial charge in [-0.15, -0.1) is 0 Å². The maximum Gasteiger partial charge on any atom is 0.332 e. The van der Waals surface area contributed by atoms with Gasteiger partial charge in [-0.05, 0) is 17.7 Å². The summed E-state index contributed by atoms with van der Waals surface area (Å²) in [6, 6.07) is 17.5. The Morgan fingerprint density at radius 1 is 0.880 bits per heavy atom. The molecule has 0 aliphatic carbocycles. The molecule has 6 nitrogen and oxygen atoms in total. The van der Waals surface area contributed by atoms with Gasteiger partial charge in [0.2, 0.25) is 0 Å². The van der Waals surface area contributed by atoms with E-state index in [1.54, 1.807) is 0 Å². The molecule has 0 amide bonds. The standard InChI is InChI=1S/C19H18N2O4/c1-24-18(22)15-16(13-9-5-3-6-10-13)20-21(17(15)19(23)25-2)14-11-7-4-8-12-14/h3-12,15,17H,1-2H3/t15-,17-/m1/s1. The average Bonchev–Trinajstić information content (AvgIpc) is 3.08. The summed E-state index contributed by atoms with van der Waals surface area (Å²) in [6.07, 6.45) is 0. The number of hydrazone groups is 1. The van der Waals surface area contributed by atoms with E-state index >= 15 is 0 Å². The second kappa shape index (κ2) is 7.17. The van der Waals surface area contributed by atoms with Crippen LogP contribution in [-0.4, -0.2) is 37.9 Å². The van der Waals surface area contributed by atoms with Crippen molar-refractivity contribution in [2.75, 3.05) is 19.2 Å². The zero-order chi connectivity index (χ0) is 17.8. The Bertz CT molecular complexity index is 790. The third kappa shape index (κ3) is 3.10. The predicted molar refractivity (Wildman–Crippen MR) is 93.2 cm³/mol. The van der Waals surface area contributed by atoms with Crippen LogP contribution < -0.4 is 5.01 Å². The first-order valence-corrected chi connectivity index (χ1v) is 7.81. The smallest absolute Gasteiger partial charge is 0.332 e. The molecular formula is C19H18N2O4. The van der Waals surface area contributed by atoms with Crippen LogP contribution in [0.3, 0.4) is 0 Å². The highest BCUT2D eigenvalue weighted by atomic mass is 16.5. The molecule has 0 saturated heterocycles. The lowest BCUT2D eigenvalue weighted by Gasteiger charge is -2.24. The number of carbonyl (C=O) groups excluding carboxylic acids is 2. The summed E-state index contributed by atoms with van der Waals surface area (Å²) in [5, 5.41) is 6.10. The summed E-state index contributed by atoms with van der Waals surface area (Å²) in [5.41, 5.74) is 1.93. The number of rotatable bonds is 4. The minimum Gasteiger partial charge on any atom is -0.468 e. The molecule has 0 N–H and O–H groups in total. The van der Waals surface area contributed by atoms with E-state index in [2.05, 4.69) is 5.10 Å². The Morgan fingerprint density at radius 3 is 2.00 bits per heavy atom. The van der Waals surface area contributed by atoms with Crippen LogP contribution >= 0.6 is 0 Å². The van der Waals surface area contributed by atoms with Gasteiger partial charge in [0.15, 0.2) is 6.04 Å². The lowest BCUT2D eigenvalue weighted by Crippen LogP contribution is -2.45. The number of nitrogens with zero attached hydrogens (tertiary/aromatic N) is 2. The maximum atomic E-state index is 12.5. The van der Waals surface area contributed by atoms with Gasteiger partial charge in [-0.2, -0.15) is 5.10 Å². The number of hydrogen-bond donors (Lipinski definition) is 0. The van der Waals surface area contributed by atoms with E-state index in [-0.39, 0.29) is 0 Å².